The van der Waals surface area contributed by atoms with Gasteiger partial charge in [-0.2, -0.15) is 0 Å². The van der Waals surface area contributed by atoms with Crippen molar-refractivity contribution in [2.45, 2.75) is 85.6 Å². The molecule has 0 aromatic heterocycles. The summed E-state index contributed by atoms with van der Waals surface area (Å²) in [6.07, 6.45) is 1.03. The molecule has 0 aliphatic heterocycles. The van der Waals surface area contributed by atoms with Crippen molar-refractivity contribution in [2.75, 3.05) is 5.75 Å². The minimum atomic E-state index is -1.80. The van der Waals surface area contributed by atoms with Crippen LogP contribution in [0.4, 0.5) is 0 Å². The van der Waals surface area contributed by atoms with Gasteiger partial charge in [-0.1, -0.05) is 71.9 Å². The summed E-state index contributed by atoms with van der Waals surface area (Å²) < 4.78 is 6.63. The Hall–Kier alpha value is -0.713. The van der Waals surface area contributed by atoms with E-state index >= 15 is 0 Å². The molecular formula is C23H41NOSSi. The summed E-state index contributed by atoms with van der Waals surface area (Å²) >= 11 is 1.94. The molecule has 1 rings (SSSR count). The van der Waals surface area contributed by atoms with E-state index in [4.69, 9.17) is 4.43 Å². The molecule has 0 bridgehead atoms. The maximum atomic E-state index is 6.63. The zero-order chi connectivity index (χ0) is 20.7. The van der Waals surface area contributed by atoms with Crippen molar-refractivity contribution in [2.24, 2.45) is 5.92 Å². The third-order valence-electron chi connectivity index (χ3n) is 5.55. The van der Waals surface area contributed by atoms with E-state index in [1.165, 1.54) is 10.5 Å². The molecule has 0 aliphatic carbocycles. The van der Waals surface area contributed by atoms with Crippen LogP contribution < -0.4 is 5.32 Å². The van der Waals surface area contributed by atoms with Crippen LogP contribution in [0.15, 0.2) is 41.0 Å². The van der Waals surface area contributed by atoms with Gasteiger partial charge in [-0.3, -0.25) is 0 Å². The summed E-state index contributed by atoms with van der Waals surface area (Å²) in [4.78, 5) is 1.40. The summed E-state index contributed by atoms with van der Waals surface area (Å²) in [7, 11) is -1.80. The molecule has 4 heteroatoms. The molecule has 0 fully saturated rings. The quantitative estimate of drug-likeness (QED) is 0.327. The van der Waals surface area contributed by atoms with Crippen molar-refractivity contribution in [3.8, 4) is 0 Å². The van der Waals surface area contributed by atoms with Crippen molar-refractivity contribution in [1.29, 1.82) is 0 Å². The zero-order valence-corrected chi connectivity index (χ0v) is 20.8. The van der Waals surface area contributed by atoms with Crippen molar-refractivity contribution >= 4 is 20.1 Å². The number of allylic oxidation sites excluding steroid dienone is 1. The molecular weight excluding hydrogens is 366 g/mol. The molecule has 1 aromatic rings. The fourth-order valence-electron chi connectivity index (χ4n) is 2.66. The first-order chi connectivity index (χ1) is 12.5. The number of benzene rings is 1. The van der Waals surface area contributed by atoms with Gasteiger partial charge in [0.05, 0.1) is 5.76 Å². The van der Waals surface area contributed by atoms with Crippen LogP contribution in [-0.2, 0) is 11.0 Å². The number of hydrogen-bond acceptors (Lipinski definition) is 3. The van der Waals surface area contributed by atoms with Gasteiger partial charge in [0.2, 0.25) is 8.32 Å². The Morgan fingerprint density at radius 1 is 1.15 bits per heavy atom. The van der Waals surface area contributed by atoms with Gasteiger partial charge in [-0.05, 0) is 48.7 Å². The second-order valence-corrected chi connectivity index (χ2v) is 15.3. The molecule has 154 valence electrons. The molecule has 0 aliphatic rings. The van der Waals surface area contributed by atoms with Crippen LogP contribution in [0.3, 0.4) is 0 Å². The molecule has 1 aromatic carbocycles. The molecule has 0 heterocycles. The summed E-state index contributed by atoms with van der Waals surface area (Å²) in [5.74, 6) is 2.79. The molecule has 0 amide bonds. The van der Waals surface area contributed by atoms with E-state index < -0.39 is 8.32 Å². The summed E-state index contributed by atoms with van der Waals surface area (Å²) in [5.41, 5.74) is 1.34. The Bertz CT molecular complexity index is 590. The minimum Gasteiger partial charge on any atom is -0.546 e. The van der Waals surface area contributed by atoms with Crippen molar-refractivity contribution in [3.63, 3.8) is 0 Å². The van der Waals surface area contributed by atoms with Crippen LogP contribution in [0.25, 0.3) is 0 Å². The summed E-state index contributed by atoms with van der Waals surface area (Å²) in [6.45, 7) is 21.5. The maximum absolute atomic E-state index is 6.63. The SMILES string of the molecule is CCS/C(CC(NCc1ccccc1)C(C)C)=C(/C)O[Si](C)(C)C(C)(C)C. The number of rotatable bonds is 10. The van der Waals surface area contributed by atoms with E-state index in [1.807, 2.05) is 11.8 Å². The Kier molecular flexibility index (Phi) is 9.67. The highest BCUT2D eigenvalue weighted by Crippen LogP contribution is 2.39. The smallest absolute Gasteiger partial charge is 0.250 e. The van der Waals surface area contributed by atoms with E-state index in [2.05, 4.69) is 97.2 Å². The van der Waals surface area contributed by atoms with Gasteiger partial charge < -0.3 is 9.74 Å². The highest BCUT2D eigenvalue weighted by atomic mass is 32.2. The minimum absolute atomic E-state index is 0.221. The molecule has 0 saturated carbocycles. The lowest BCUT2D eigenvalue weighted by Gasteiger charge is -2.37. The van der Waals surface area contributed by atoms with E-state index in [0.717, 1.165) is 24.5 Å². The second-order valence-electron chi connectivity index (χ2n) is 9.20. The number of hydrogen-bond donors (Lipinski definition) is 1. The topological polar surface area (TPSA) is 21.3 Å². The predicted octanol–water partition coefficient (Wildman–Crippen LogP) is 7.20. The highest BCUT2D eigenvalue weighted by Gasteiger charge is 2.39. The average Bonchev–Trinajstić information content (AvgIpc) is 2.56. The van der Waals surface area contributed by atoms with Gasteiger partial charge in [-0.15, -0.1) is 11.8 Å². The van der Waals surface area contributed by atoms with Crippen LogP contribution in [-0.4, -0.2) is 20.1 Å². The normalized spacial score (nSPS) is 14.9. The first-order valence-corrected chi connectivity index (χ1v) is 14.2. The number of nitrogens with one attached hydrogen (secondary N) is 1. The highest BCUT2D eigenvalue weighted by molar-refractivity contribution is 8.03. The Balaban J connectivity index is 2.92. The fourth-order valence-corrected chi connectivity index (χ4v) is 4.82. The third-order valence-corrected chi connectivity index (χ3v) is 11.1. The fraction of sp³-hybridized carbons (Fsp3) is 0.652. The van der Waals surface area contributed by atoms with E-state index in [9.17, 15) is 0 Å². The molecule has 0 spiro atoms. The first kappa shape index (κ1) is 24.3. The molecule has 2 nitrogen and oxygen atoms in total. The van der Waals surface area contributed by atoms with E-state index in [0.29, 0.717) is 12.0 Å². The van der Waals surface area contributed by atoms with Crippen molar-refractivity contribution in [3.05, 3.63) is 46.6 Å². The summed E-state index contributed by atoms with van der Waals surface area (Å²) in [6, 6.07) is 11.1. The van der Waals surface area contributed by atoms with E-state index in [1.54, 1.807) is 0 Å². The van der Waals surface area contributed by atoms with Gasteiger partial charge in [0, 0.05) is 17.5 Å². The zero-order valence-electron chi connectivity index (χ0n) is 19.0. The lowest BCUT2D eigenvalue weighted by molar-refractivity contribution is 0.367. The van der Waals surface area contributed by atoms with E-state index in [-0.39, 0.29) is 5.04 Å². The number of thioether (sulfide) groups is 1. The monoisotopic (exact) mass is 407 g/mol. The molecule has 1 N–H and O–H groups in total. The van der Waals surface area contributed by atoms with Gasteiger partial charge in [0.15, 0.2) is 0 Å². The Morgan fingerprint density at radius 2 is 1.74 bits per heavy atom. The maximum Gasteiger partial charge on any atom is 0.250 e. The molecule has 0 radical (unpaired) electrons. The van der Waals surface area contributed by atoms with Crippen LogP contribution >= 0.6 is 11.8 Å². The van der Waals surface area contributed by atoms with Crippen LogP contribution in [0.1, 0.15) is 60.5 Å². The van der Waals surface area contributed by atoms with Crippen molar-refractivity contribution < 1.29 is 4.43 Å². The lowest BCUT2D eigenvalue weighted by Crippen LogP contribution is -2.40. The Labute approximate surface area is 173 Å². The molecule has 1 unspecified atom stereocenters. The lowest BCUT2D eigenvalue weighted by atomic mass is 10.00. The summed E-state index contributed by atoms with van der Waals surface area (Å²) in [5, 5.41) is 4.00. The molecule has 1 atom stereocenters. The van der Waals surface area contributed by atoms with Crippen LogP contribution in [0.5, 0.6) is 0 Å². The Morgan fingerprint density at radius 3 is 2.22 bits per heavy atom. The largest absolute Gasteiger partial charge is 0.546 e. The van der Waals surface area contributed by atoms with Gasteiger partial charge in [0.25, 0.3) is 0 Å². The van der Waals surface area contributed by atoms with Crippen LogP contribution in [0, 0.1) is 5.92 Å². The molecule has 27 heavy (non-hydrogen) atoms. The average molecular weight is 408 g/mol. The van der Waals surface area contributed by atoms with Gasteiger partial charge >= 0.3 is 0 Å². The van der Waals surface area contributed by atoms with Crippen molar-refractivity contribution in [1.82, 2.24) is 5.32 Å². The standard InChI is InChI=1S/C23H41NOSSi/c1-10-26-22(19(4)25-27(8,9)23(5,6)7)16-21(18(2)3)24-17-20-14-12-11-13-15-20/h11-15,18,21,24H,10,16-17H2,1-9H3/b22-19-. The third kappa shape index (κ3) is 8.04. The predicted molar refractivity (Wildman–Crippen MR) is 126 cm³/mol. The first-order valence-electron chi connectivity index (χ1n) is 10.3. The van der Waals surface area contributed by atoms with Gasteiger partial charge in [0.1, 0.15) is 0 Å². The van der Waals surface area contributed by atoms with Crippen LogP contribution in [0.2, 0.25) is 18.1 Å². The second kappa shape index (κ2) is 10.7. The molecule has 0 saturated heterocycles. The van der Waals surface area contributed by atoms with Gasteiger partial charge in [-0.25, -0.2) is 0 Å².